The van der Waals surface area contributed by atoms with Crippen LogP contribution in [0.4, 0.5) is 10.5 Å². The minimum Gasteiger partial charge on any atom is -0.494 e. The van der Waals surface area contributed by atoms with Crippen molar-refractivity contribution < 1.29 is 19.1 Å². The highest BCUT2D eigenvalue weighted by molar-refractivity contribution is 5.99. The summed E-state index contributed by atoms with van der Waals surface area (Å²) in [4.78, 5) is 24.7. The summed E-state index contributed by atoms with van der Waals surface area (Å²) in [6, 6.07) is 14.4. The van der Waals surface area contributed by atoms with Gasteiger partial charge in [0.2, 0.25) is 0 Å². The highest BCUT2D eigenvalue weighted by atomic mass is 16.6. The zero-order valence-corrected chi connectivity index (χ0v) is 15.7. The van der Waals surface area contributed by atoms with Crippen molar-refractivity contribution in [2.45, 2.75) is 39.7 Å². The summed E-state index contributed by atoms with van der Waals surface area (Å²) in [6.45, 7) is 7.77. The molecule has 2 aromatic carbocycles. The zero-order valence-electron chi connectivity index (χ0n) is 15.7. The molecule has 0 aliphatic rings. The first-order chi connectivity index (χ1) is 12.3. The highest BCUT2D eigenvalue weighted by Gasteiger charge is 2.18. The standard InChI is InChI=1S/C21H25NO4/c1-5-25-17-12-11-16(13-19(23)15-9-7-6-8-10-15)18(14-17)22-20(24)26-21(2,3)4/h6-12,14H,5,13H2,1-4H3,(H,22,24). The van der Waals surface area contributed by atoms with Crippen LogP contribution in [0.5, 0.6) is 5.75 Å². The summed E-state index contributed by atoms with van der Waals surface area (Å²) in [6.07, 6.45) is -0.402. The van der Waals surface area contributed by atoms with Gasteiger partial charge in [-0.1, -0.05) is 36.4 Å². The van der Waals surface area contributed by atoms with Crippen molar-refractivity contribution in [2.24, 2.45) is 0 Å². The molecule has 2 rings (SSSR count). The molecule has 0 radical (unpaired) electrons. The lowest BCUT2D eigenvalue weighted by molar-refractivity contribution is 0.0635. The molecular weight excluding hydrogens is 330 g/mol. The third-order valence-corrected chi connectivity index (χ3v) is 3.47. The van der Waals surface area contributed by atoms with E-state index in [9.17, 15) is 9.59 Å². The number of carbonyl (C=O) groups excluding carboxylic acids is 2. The summed E-state index contributed by atoms with van der Waals surface area (Å²) in [5.41, 5.74) is 1.23. The number of ether oxygens (including phenoxy) is 2. The molecule has 0 spiro atoms. The van der Waals surface area contributed by atoms with Crippen LogP contribution in [0, 0.1) is 0 Å². The third kappa shape index (κ3) is 5.92. The number of rotatable bonds is 6. The molecule has 0 saturated carbocycles. The van der Waals surface area contributed by atoms with Gasteiger partial charge >= 0.3 is 6.09 Å². The van der Waals surface area contributed by atoms with E-state index in [1.54, 1.807) is 51.1 Å². The largest absolute Gasteiger partial charge is 0.494 e. The molecule has 1 amide bonds. The lowest BCUT2D eigenvalue weighted by Crippen LogP contribution is -2.27. The van der Waals surface area contributed by atoms with Gasteiger partial charge in [-0.3, -0.25) is 10.1 Å². The summed E-state index contributed by atoms with van der Waals surface area (Å²) >= 11 is 0. The van der Waals surface area contributed by atoms with Crippen molar-refractivity contribution in [3.8, 4) is 5.75 Å². The van der Waals surface area contributed by atoms with E-state index in [1.165, 1.54) is 0 Å². The maximum Gasteiger partial charge on any atom is 0.412 e. The van der Waals surface area contributed by atoms with Gasteiger partial charge in [0.05, 0.1) is 12.3 Å². The average molecular weight is 355 g/mol. The maximum atomic E-state index is 12.5. The number of nitrogens with one attached hydrogen (secondary N) is 1. The van der Waals surface area contributed by atoms with Crippen LogP contribution in [-0.2, 0) is 11.2 Å². The van der Waals surface area contributed by atoms with Crippen LogP contribution in [0.1, 0.15) is 43.6 Å². The number of carbonyl (C=O) groups is 2. The highest BCUT2D eigenvalue weighted by Crippen LogP contribution is 2.25. The number of hydrogen-bond acceptors (Lipinski definition) is 4. The number of Topliss-reactive ketones (excluding diaryl/α,β-unsaturated/α-hetero) is 1. The van der Waals surface area contributed by atoms with Gasteiger partial charge in [-0.05, 0) is 39.3 Å². The predicted molar refractivity (Wildman–Crippen MR) is 102 cm³/mol. The summed E-state index contributed by atoms with van der Waals surface area (Å²) in [7, 11) is 0. The van der Waals surface area contributed by atoms with E-state index >= 15 is 0 Å². The molecule has 5 nitrogen and oxygen atoms in total. The molecule has 0 heterocycles. The second-order valence-electron chi connectivity index (χ2n) is 6.84. The Bertz CT molecular complexity index is 763. The van der Waals surface area contributed by atoms with Crippen molar-refractivity contribution in [1.29, 1.82) is 0 Å². The molecule has 0 aliphatic carbocycles. The Morgan fingerprint density at radius 1 is 1.04 bits per heavy atom. The normalized spacial score (nSPS) is 10.9. The molecular formula is C21H25NO4. The molecule has 0 bridgehead atoms. The minimum absolute atomic E-state index is 0.0259. The lowest BCUT2D eigenvalue weighted by atomic mass is 10.0. The van der Waals surface area contributed by atoms with E-state index in [2.05, 4.69) is 5.32 Å². The first-order valence-corrected chi connectivity index (χ1v) is 8.62. The predicted octanol–water partition coefficient (Wildman–Crippen LogP) is 4.86. The summed E-state index contributed by atoms with van der Waals surface area (Å²) in [5, 5.41) is 2.73. The van der Waals surface area contributed by atoms with Crippen molar-refractivity contribution in [1.82, 2.24) is 0 Å². The van der Waals surface area contributed by atoms with Crippen LogP contribution in [0.25, 0.3) is 0 Å². The van der Waals surface area contributed by atoms with Crippen molar-refractivity contribution >= 4 is 17.6 Å². The molecule has 26 heavy (non-hydrogen) atoms. The number of amides is 1. The number of benzene rings is 2. The Hall–Kier alpha value is -2.82. The molecule has 1 N–H and O–H groups in total. The first-order valence-electron chi connectivity index (χ1n) is 8.62. The van der Waals surface area contributed by atoms with Gasteiger partial charge in [-0.15, -0.1) is 0 Å². The van der Waals surface area contributed by atoms with Crippen LogP contribution in [-0.4, -0.2) is 24.1 Å². The molecule has 0 fully saturated rings. The van der Waals surface area contributed by atoms with Crippen LogP contribution in [0.15, 0.2) is 48.5 Å². The molecule has 0 aromatic heterocycles. The first kappa shape index (κ1) is 19.5. The Balaban J connectivity index is 2.24. The van der Waals surface area contributed by atoms with Crippen LogP contribution in [0.2, 0.25) is 0 Å². The topological polar surface area (TPSA) is 64.6 Å². The van der Waals surface area contributed by atoms with Crippen LogP contribution in [0.3, 0.4) is 0 Å². The van der Waals surface area contributed by atoms with E-state index in [1.807, 2.05) is 25.1 Å². The van der Waals surface area contributed by atoms with Gasteiger partial charge in [0.15, 0.2) is 5.78 Å². The molecule has 0 aliphatic heterocycles. The quantitative estimate of drug-likeness (QED) is 0.752. The van der Waals surface area contributed by atoms with Crippen LogP contribution >= 0.6 is 0 Å². The fraction of sp³-hybridized carbons (Fsp3) is 0.333. The minimum atomic E-state index is -0.609. The third-order valence-electron chi connectivity index (χ3n) is 3.47. The van der Waals surface area contributed by atoms with E-state index in [0.29, 0.717) is 29.2 Å². The van der Waals surface area contributed by atoms with Gasteiger partial charge in [0, 0.05) is 18.1 Å². The lowest BCUT2D eigenvalue weighted by Gasteiger charge is -2.20. The van der Waals surface area contributed by atoms with E-state index in [0.717, 1.165) is 0 Å². The fourth-order valence-corrected chi connectivity index (χ4v) is 2.40. The van der Waals surface area contributed by atoms with Gasteiger partial charge < -0.3 is 9.47 Å². The van der Waals surface area contributed by atoms with Crippen molar-refractivity contribution in [3.63, 3.8) is 0 Å². The van der Waals surface area contributed by atoms with Gasteiger partial charge in [0.1, 0.15) is 11.4 Å². The zero-order chi connectivity index (χ0) is 19.2. The second kappa shape index (κ2) is 8.52. The van der Waals surface area contributed by atoms with Crippen LogP contribution < -0.4 is 10.1 Å². The molecule has 0 saturated heterocycles. The fourth-order valence-electron chi connectivity index (χ4n) is 2.40. The maximum absolute atomic E-state index is 12.5. The number of ketones is 1. The van der Waals surface area contributed by atoms with Gasteiger partial charge in [-0.25, -0.2) is 4.79 Å². The van der Waals surface area contributed by atoms with Crippen molar-refractivity contribution in [3.05, 3.63) is 59.7 Å². The van der Waals surface area contributed by atoms with E-state index < -0.39 is 11.7 Å². The number of anilines is 1. The Morgan fingerprint density at radius 3 is 2.35 bits per heavy atom. The Labute approximate surface area is 154 Å². The molecule has 138 valence electrons. The Morgan fingerprint density at radius 2 is 1.73 bits per heavy atom. The SMILES string of the molecule is CCOc1ccc(CC(=O)c2ccccc2)c(NC(=O)OC(C)(C)C)c1. The van der Waals surface area contributed by atoms with Crippen molar-refractivity contribution in [2.75, 3.05) is 11.9 Å². The number of hydrogen-bond donors (Lipinski definition) is 1. The van der Waals surface area contributed by atoms with E-state index in [-0.39, 0.29) is 12.2 Å². The van der Waals surface area contributed by atoms with Gasteiger partial charge in [-0.2, -0.15) is 0 Å². The molecule has 0 atom stereocenters. The molecule has 2 aromatic rings. The smallest absolute Gasteiger partial charge is 0.412 e. The van der Waals surface area contributed by atoms with E-state index in [4.69, 9.17) is 9.47 Å². The Kier molecular flexibility index (Phi) is 6.39. The van der Waals surface area contributed by atoms with Gasteiger partial charge in [0.25, 0.3) is 0 Å². The summed E-state index contributed by atoms with van der Waals surface area (Å²) < 4.78 is 10.8. The summed E-state index contributed by atoms with van der Waals surface area (Å²) in [5.74, 6) is 0.594. The molecule has 0 unspecified atom stereocenters. The monoisotopic (exact) mass is 355 g/mol. The molecule has 5 heteroatoms. The second-order valence-corrected chi connectivity index (χ2v) is 6.84. The average Bonchev–Trinajstić information content (AvgIpc) is 2.56.